The van der Waals surface area contributed by atoms with Gasteiger partial charge in [-0.1, -0.05) is 0 Å². The monoisotopic (exact) mass is 365 g/mol. The van der Waals surface area contributed by atoms with Gasteiger partial charge in [0.25, 0.3) is 0 Å². The van der Waals surface area contributed by atoms with Crippen molar-refractivity contribution < 1.29 is 0 Å². The zero-order valence-corrected chi connectivity index (χ0v) is 16.2. The van der Waals surface area contributed by atoms with E-state index in [-0.39, 0.29) is 0 Å². The standard InChI is InChI=1S/C20H27N7/c1-15-7-8-16(12-21)19(22-15)27-11-5-6-17(13-27)20-24-23-18(25(20)2)14-26-9-3-4-10-26/h7-8,17H,3-6,9-11,13-14H2,1-2H3/t17-/m1/s1. The van der Waals surface area contributed by atoms with Gasteiger partial charge in [-0.25, -0.2) is 4.98 Å². The highest BCUT2D eigenvalue weighted by Gasteiger charge is 2.28. The third kappa shape index (κ3) is 3.67. The van der Waals surface area contributed by atoms with Gasteiger partial charge in [-0.2, -0.15) is 5.26 Å². The Hall–Kier alpha value is -2.46. The molecule has 0 aliphatic carbocycles. The number of pyridine rings is 1. The van der Waals surface area contributed by atoms with Crippen molar-refractivity contribution in [3.05, 3.63) is 35.0 Å². The Morgan fingerprint density at radius 2 is 1.96 bits per heavy atom. The molecule has 2 saturated heterocycles. The van der Waals surface area contributed by atoms with Crippen LogP contribution in [-0.4, -0.2) is 50.8 Å². The molecule has 2 aromatic heterocycles. The molecule has 0 saturated carbocycles. The fourth-order valence-electron chi connectivity index (χ4n) is 4.26. The van der Waals surface area contributed by atoms with Crippen LogP contribution in [0.3, 0.4) is 0 Å². The number of nitrogens with zero attached hydrogens (tertiary/aromatic N) is 7. The number of aromatic nitrogens is 4. The van der Waals surface area contributed by atoms with Gasteiger partial charge in [0.2, 0.25) is 0 Å². The molecule has 0 radical (unpaired) electrons. The summed E-state index contributed by atoms with van der Waals surface area (Å²) >= 11 is 0. The second-order valence-corrected chi connectivity index (χ2v) is 7.74. The van der Waals surface area contributed by atoms with Crippen molar-refractivity contribution in [2.75, 3.05) is 31.1 Å². The predicted molar refractivity (Wildman–Crippen MR) is 103 cm³/mol. The van der Waals surface area contributed by atoms with E-state index in [4.69, 9.17) is 0 Å². The van der Waals surface area contributed by atoms with E-state index in [9.17, 15) is 5.26 Å². The SMILES string of the molecule is Cc1ccc(C#N)c(N2CCC[C@@H](c3nnc(CN4CCCC4)n3C)C2)n1. The van der Waals surface area contributed by atoms with Gasteiger partial charge in [-0.15, -0.1) is 10.2 Å². The van der Waals surface area contributed by atoms with Gasteiger partial charge >= 0.3 is 0 Å². The average Bonchev–Trinajstić information content (AvgIpc) is 3.33. The lowest BCUT2D eigenvalue weighted by Crippen LogP contribution is -2.36. The Morgan fingerprint density at radius 3 is 2.74 bits per heavy atom. The minimum atomic E-state index is 0.317. The lowest BCUT2D eigenvalue weighted by molar-refractivity contribution is 0.317. The maximum atomic E-state index is 9.46. The van der Waals surface area contributed by atoms with Crippen molar-refractivity contribution in [3.8, 4) is 6.07 Å². The summed E-state index contributed by atoms with van der Waals surface area (Å²) in [6.45, 7) is 6.95. The summed E-state index contributed by atoms with van der Waals surface area (Å²) in [6.07, 6.45) is 4.74. The van der Waals surface area contributed by atoms with Gasteiger partial charge in [0, 0.05) is 31.7 Å². The molecule has 0 N–H and O–H groups in total. The van der Waals surface area contributed by atoms with E-state index in [0.29, 0.717) is 11.5 Å². The molecule has 2 aliphatic rings. The first-order chi connectivity index (χ1) is 13.2. The number of hydrogen-bond acceptors (Lipinski definition) is 6. The highest BCUT2D eigenvalue weighted by molar-refractivity contribution is 5.54. The van der Waals surface area contributed by atoms with Crippen molar-refractivity contribution >= 4 is 5.82 Å². The van der Waals surface area contributed by atoms with Crippen LogP contribution >= 0.6 is 0 Å². The van der Waals surface area contributed by atoms with Crippen LogP contribution in [-0.2, 0) is 13.6 Å². The Kier molecular flexibility index (Phi) is 5.08. The summed E-state index contributed by atoms with van der Waals surface area (Å²) in [6, 6.07) is 6.06. The summed E-state index contributed by atoms with van der Waals surface area (Å²) in [5.41, 5.74) is 1.59. The first-order valence-electron chi connectivity index (χ1n) is 9.89. The summed E-state index contributed by atoms with van der Waals surface area (Å²) in [5.74, 6) is 3.23. The van der Waals surface area contributed by atoms with E-state index in [0.717, 1.165) is 68.7 Å². The predicted octanol–water partition coefficient (Wildman–Crippen LogP) is 2.37. The third-order valence-electron chi connectivity index (χ3n) is 5.78. The van der Waals surface area contributed by atoms with Crippen LogP contribution in [0.4, 0.5) is 5.82 Å². The molecule has 1 atom stereocenters. The minimum Gasteiger partial charge on any atom is -0.355 e. The molecule has 0 bridgehead atoms. The van der Waals surface area contributed by atoms with Gasteiger partial charge in [-0.3, -0.25) is 4.90 Å². The summed E-state index contributed by atoms with van der Waals surface area (Å²) < 4.78 is 2.18. The van der Waals surface area contributed by atoms with Gasteiger partial charge in [0.1, 0.15) is 23.5 Å². The van der Waals surface area contributed by atoms with Crippen molar-refractivity contribution in [1.82, 2.24) is 24.6 Å². The van der Waals surface area contributed by atoms with E-state index in [1.807, 2.05) is 19.1 Å². The molecule has 0 aromatic carbocycles. The van der Waals surface area contributed by atoms with E-state index in [1.54, 1.807) is 0 Å². The molecule has 2 aromatic rings. The van der Waals surface area contributed by atoms with Crippen molar-refractivity contribution in [1.29, 1.82) is 5.26 Å². The molecular weight excluding hydrogens is 338 g/mol. The first kappa shape index (κ1) is 17.9. The summed E-state index contributed by atoms with van der Waals surface area (Å²) in [4.78, 5) is 9.35. The largest absolute Gasteiger partial charge is 0.355 e. The van der Waals surface area contributed by atoms with E-state index in [1.165, 1.54) is 12.8 Å². The fraction of sp³-hybridized carbons (Fsp3) is 0.600. The fourth-order valence-corrected chi connectivity index (χ4v) is 4.26. The van der Waals surface area contributed by atoms with E-state index in [2.05, 4.69) is 42.7 Å². The van der Waals surface area contributed by atoms with Gasteiger partial charge in [0.05, 0.1) is 12.1 Å². The van der Waals surface area contributed by atoms with Crippen LogP contribution in [0.1, 0.15) is 54.5 Å². The lowest BCUT2D eigenvalue weighted by atomic mass is 9.96. The molecular formula is C20H27N7. The highest BCUT2D eigenvalue weighted by Crippen LogP contribution is 2.30. The van der Waals surface area contributed by atoms with Gasteiger partial charge < -0.3 is 9.47 Å². The number of likely N-dealkylation sites (tertiary alicyclic amines) is 1. The van der Waals surface area contributed by atoms with Crippen LogP contribution in [0.5, 0.6) is 0 Å². The summed E-state index contributed by atoms with van der Waals surface area (Å²) in [7, 11) is 2.09. The number of hydrogen-bond donors (Lipinski definition) is 0. The van der Waals surface area contributed by atoms with Crippen LogP contribution in [0.15, 0.2) is 12.1 Å². The zero-order chi connectivity index (χ0) is 18.8. The minimum absolute atomic E-state index is 0.317. The third-order valence-corrected chi connectivity index (χ3v) is 5.78. The topological polar surface area (TPSA) is 73.9 Å². The first-order valence-corrected chi connectivity index (χ1v) is 9.89. The Balaban J connectivity index is 1.53. The molecule has 0 unspecified atom stereocenters. The Morgan fingerprint density at radius 1 is 1.15 bits per heavy atom. The second kappa shape index (κ2) is 7.65. The van der Waals surface area contributed by atoms with Crippen LogP contribution in [0.2, 0.25) is 0 Å². The lowest BCUT2D eigenvalue weighted by Gasteiger charge is -2.33. The zero-order valence-electron chi connectivity index (χ0n) is 16.2. The Labute approximate surface area is 160 Å². The number of anilines is 1. The molecule has 27 heavy (non-hydrogen) atoms. The van der Waals surface area contributed by atoms with Gasteiger partial charge in [-0.05, 0) is 57.8 Å². The molecule has 7 nitrogen and oxygen atoms in total. The highest BCUT2D eigenvalue weighted by atomic mass is 15.3. The number of nitriles is 1. The quantitative estimate of drug-likeness (QED) is 0.828. The average molecular weight is 365 g/mol. The maximum absolute atomic E-state index is 9.46. The van der Waals surface area contributed by atoms with Crippen LogP contribution in [0.25, 0.3) is 0 Å². The molecule has 7 heteroatoms. The molecule has 2 fully saturated rings. The van der Waals surface area contributed by atoms with Crippen LogP contribution in [0, 0.1) is 18.3 Å². The number of rotatable bonds is 4. The van der Waals surface area contributed by atoms with Crippen molar-refractivity contribution in [3.63, 3.8) is 0 Å². The van der Waals surface area contributed by atoms with E-state index >= 15 is 0 Å². The molecule has 0 spiro atoms. The Bertz CT molecular complexity index is 845. The molecule has 2 aliphatic heterocycles. The van der Waals surface area contributed by atoms with Crippen molar-refractivity contribution in [2.45, 2.75) is 45.1 Å². The molecule has 142 valence electrons. The summed E-state index contributed by atoms with van der Waals surface area (Å²) in [5, 5.41) is 18.5. The smallest absolute Gasteiger partial charge is 0.146 e. The van der Waals surface area contributed by atoms with Gasteiger partial charge in [0.15, 0.2) is 0 Å². The van der Waals surface area contributed by atoms with E-state index < -0.39 is 0 Å². The molecule has 0 amide bonds. The van der Waals surface area contributed by atoms with Crippen molar-refractivity contribution in [2.24, 2.45) is 7.05 Å². The number of piperidine rings is 1. The molecule has 4 rings (SSSR count). The molecule has 4 heterocycles. The second-order valence-electron chi connectivity index (χ2n) is 7.74. The maximum Gasteiger partial charge on any atom is 0.146 e. The number of aryl methyl sites for hydroxylation is 1. The van der Waals surface area contributed by atoms with Crippen LogP contribution < -0.4 is 4.90 Å². The normalized spacial score (nSPS) is 20.8.